The van der Waals surface area contributed by atoms with Gasteiger partial charge in [-0.1, -0.05) is 0 Å². The molecule has 94 valence electrons. The summed E-state index contributed by atoms with van der Waals surface area (Å²) in [5, 5.41) is 0. The Balaban J connectivity index is 2.16. The Hall–Kier alpha value is -1.14. The van der Waals surface area contributed by atoms with Gasteiger partial charge in [-0.15, -0.1) is 0 Å². The molecule has 0 radical (unpaired) electrons. The lowest BCUT2D eigenvalue weighted by Gasteiger charge is -2.11. The molecule has 18 heavy (non-hydrogen) atoms. The van der Waals surface area contributed by atoms with Crippen LogP contribution in [0.2, 0.25) is 0 Å². The second-order valence-corrected chi connectivity index (χ2v) is 5.32. The Morgan fingerprint density at radius 2 is 1.83 bits per heavy atom. The summed E-state index contributed by atoms with van der Waals surface area (Å²) < 4.78 is 20.0. The lowest BCUT2D eigenvalue weighted by Crippen LogP contribution is -1.99. The van der Waals surface area contributed by atoms with Crippen LogP contribution in [-0.2, 0) is 6.61 Å². The summed E-state index contributed by atoms with van der Waals surface area (Å²) >= 11 is 6.72. The van der Waals surface area contributed by atoms with Gasteiger partial charge in [0.05, 0.1) is 15.1 Å². The van der Waals surface area contributed by atoms with E-state index in [9.17, 15) is 4.39 Å². The first-order valence-corrected chi connectivity index (χ1v) is 6.61. The van der Waals surface area contributed by atoms with Crippen molar-refractivity contribution in [2.45, 2.75) is 6.61 Å². The highest BCUT2D eigenvalue weighted by atomic mass is 79.9. The molecule has 0 fully saturated rings. The summed E-state index contributed by atoms with van der Waals surface area (Å²) in [4.78, 5) is 3.76. The fourth-order valence-electron chi connectivity index (χ4n) is 1.41. The van der Waals surface area contributed by atoms with Crippen molar-refractivity contribution in [3.8, 4) is 5.75 Å². The van der Waals surface area contributed by atoms with Crippen LogP contribution < -0.4 is 10.5 Å². The SMILES string of the molecule is Nc1cc(Br)c(OCc2cncc(F)c2)c(Br)c1. The minimum absolute atomic E-state index is 0.228. The summed E-state index contributed by atoms with van der Waals surface area (Å²) in [6.07, 6.45) is 2.71. The molecular formula is C12H9Br2FN2O. The van der Waals surface area contributed by atoms with Gasteiger partial charge in [-0.2, -0.15) is 0 Å². The predicted molar refractivity (Wildman–Crippen MR) is 74.8 cm³/mol. The van der Waals surface area contributed by atoms with E-state index in [1.54, 1.807) is 18.3 Å². The maximum atomic E-state index is 13.0. The zero-order chi connectivity index (χ0) is 13.1. The van der Waals surface area contributed by atoms with Crippen LogP contribution in [0, 0.1) is 5.82 Å². The minimum atomic E-state index is -0.383. The lowest BCUT2D eigenvalue weighted by atomic mass is 10.3. The smallest absolute Gasteiger partial charge is 0.148 e. The molecule has 0 spiro atoms. The molecule has 0 saturated carbocycles. The van der Waals surface area contributed by atoms with Gasteiger partial charge in [0.1, 0.15) is 18.2 Å². The molecule has 0 unspecified atom stereocenters. The molecule has 2 N–H and O–H groups in total. The van der Waals surface area contributed by atoms with Gasteiger partial charge in [0, 0.05) is 17.4 Å². The largest absolute Gasteiger partial charge is 0.486 e. The highest BCUT2D eigenvalue weighted by Gasteiger charge is 2.08. The van der Waals surface area contributed by atoms with Gasteiger partial charge in [0.15, 0.2) is 0 Å². The molecule has 0 bridgehead atoms. The van der Waals surface area contributed by atoms with Crippen LogP contribution in [0.25, 0.3) is 0 Å². The molecule has 2 rings (SSSR count). The van der Waals surface area contributed by atoms with Crippen molar-refractivity contribution in [3.63, 3.8) is 0 Å². The first-order chi connectivity index (χ1) is 8.56. The number of nitrogens with two attached hydrogens (primary N) is 1. The minimum Gasteiger partial charge on any atom is -0.486 e. The topological polar surface area (TPSA) is 48.1 Å². The van der Waals surface area contributed by atoms with Crippen molar-refractivity contribution >= 4 is 37.5 Å². The van der Waals surface area contributed by atoms with E-state index in [1.807, 2.05) is 0 Å². The van der Waals surface area contributed by atoms with Crippen molar-refractivity contribution in [2.24, 2.45) is 0 Å². The van der Waals surface area contributed by atoms with Gasteiger partial charge >= 0.3 is 0 Å². The molecule has 1 aromatic carbocycles. The molecule has 0 atom stereocenters. The van der Waals surface area contributed by atoms with E-state index in [2.05, 4.69) is 36.8 Å². The molecule has 1 heterocycles. The first-order valence-electron chi connectivity index (χ1n) is 5.03. The van der Waals surface area contributed by atoms with Crippen molar-refractivity contribution in [2.75, 3.05) is 5.73 Å². The number of aromatic nitrogens is 1. The second-order valence-electron chi connectivity index (χ2n) is 3.61. The Kier molecular flexibility index (Phi) is 4.19. The molecule has 3 nitrogen and oxygen atoms in total. The molecule has 2 aromatic rings. The third-order valence-corrected chi connectivity index (χ3v) is 3.34. The number of halogens is 3. The number of ether oxygens (including phenoxy) is 1. The molecule has 0 aliphatic carbocycles. The van der Waals surface area contributed by atoms with Crippen LogP contribution in [0.15, 0.2) is 39.5 Å². The Bertz CT molecular complexity index is 555. The number of nitrogen functional groups attached to an aromatic ring is 1. The van der Waals surface area contributed by atoms with Crippen molar-refractivity contribution < 1.29 is 9.13 Å². The van der Waals surface area contributed by atoms with Gasteiger partial charge < -0.3 is 10.5 Å². The van der Waals surface area contributed by atoms with Gasteiger partial charge in [0.2, 0.25) is 0 Å². The number of pyridine rings is 1. The molecular weight excluding hydrogens is 367 g/mol. The third kappa shape index (κ3) is 3.20. The van der Waals surface area contributed by atoms with E-state index < -0.39 is 0 Å². The summed E-state index contributed by atoms with van der Waals surface area (Å²) in [5.74, 6) is 0.236. The van der Waals surface area contributed by atoms with Crippen LogP contribution >= 0.6 is 31.9 Å². The number of rotatable bonds is 3. The van der Waals surface area contributed by atoms with Crippen molar-refractivity contribution in [3.05, 3.63) is 50.9 Å². The summed E-state index contributed by atoms with van der Waals surface area (Å²) in [6, 6.07) is 4.86. The number of nitrogens with zero attached hydrogens (tertiary/aromatic N) is 1. The van der Waals surface area contributed by atoms with E-state index in [0.717, 1.165) is 15.1 Å². The number of hydrogen-bond donors (Lipinski definition) is 1. The molecule has 1 aromatic heterocycles. The first kappa shape index (κ1) is 13.3. The predicted octanol–water partition coefficient (Wildman–Crippen LogP) is 3.91. The van der Waals surface area contributed by atoms with Crippen LogP contribution in [0.3, 0.4) is 0 Å². The van der Waals surface area contributed by atoms with Gasteiger partial charge in [-0.3, -0.25) is 4.98 Å². The zero-order valence-corrected chi connectivity index (χ0v) is 12.3. The molecule has 0 amide bonds. The standard InChI is InChI=1S/C12H9Br2FN2O/c13-10-2-9(16)3-11(14)12(10)18-6-7-1-8(15)5-17-4-7/h1-5H,6,16H2. The van der Waals surface area contributed by atoms with E-state index in [4.69, 9.17) is 10.5 Å². The fourth-order valence-corrected chi connectivity index (χ4v) is 2.86. The number of anilines is 1. The number of benzene rings is 1. The van der Waals surface area contributed by atoms with Crippen LogP contribution in [0.5, 0.6) is 5.75 Å². The van der Waals surface area contributed by atoms with E-state index in [-0.39, 0.29) is 12.4 Å². The van der Waals surface area contributed by atoms with Gasteiger partial charge in [-0.05, 0) is 50.1 Å². The van der Waals surface area contributed by atoms with Crippen LogP contribution in [-0.4, -0.2) is 4.98 Å². The summed E-state index contributed by atoms with van der Waals surface area (Å²) in [5.41, 5.74) is 6.96. The molecule has 0 aliphatic heterocycles. The maximum Gasteiger partial charge on any atom is 0.148 e. The van der Waals surface area contributed by atoms with Gasteiger partial charge in [0.25, 0.3) is 0 Å². The summed E-state index contributed by atoms with van der Waals surface area (Å²) in [6.45, 7) is 0.228. The fraction of sp³-hybridized carbons (Fsp3) is 0.0833. The van der Waals surface area contributed by atoms with E-state index in [1.165, 1.54) is 6.07 Å². The van der Waals surface area contributed by atoms with E-state index >= 15 is 0 Å². The molecule has 6 heteroatoms. The Morgan fingerprint density at radius 3 is 2.44 bits per heavy atom. The van der Waals surface area contributed by atoms with Crippen LogP contribution in [0.4, 0.5) is 10.1 Å². The normalized spacial score (nSPS) is 10.4. The average molecular weight is 376 g/mol. The second kappa shape index (κ2) is 5.67. The summed E-state index contributed by atoms with van der Waals surface area (Å²) in [7, 11) is 0. The number of hydrogen-bond acceptors (Lipinski definition) is 3. The Labute approximate surface area is 120 Å². The maximum absolute atomic E-state index is 13.0. The highest BCUT2D eigenvalue weighted by molar-refractivity contribution is 9.11. The zero-order valence-electron chi connectivity index (χ0n) is 9.16. The Morgan fingerprint density at radius 1 is 1.17 bits per heavy atom. The van der Waals surface area contributed by atoms with Crippen molar-refractivity contribution in [1.29, 1.82) is 0 Å². The van der Waals surface area contributed by atoms with E-state index in [0.29, 0.717) is 17.0 Å². The van der Waals surface area contributed by atoms with Crippen LogP contribution in [0.1, 0.15) is 5.56 Å². The average Bonchev–Trinajstić information content (AvgIpc) is 2.27. The quantitative estimate of drug-likeness (QED) is 0.827. The van der Waals surface area contributed by atoms with Gasteiger partial charge in [-0.25, -0.2) is 4.39 Å². The molecule has 0 aliphatic rings. The lowest BCUT2D eigenvalue weighted by molar-refractivity contribution is 0.301. The van der Waals surface area contributed by atoms with Crippen molar-refractivity contribution in [1.82, 2.24) is 4.98 Å². The third-order valence-electron chi connectivity index (χ3n) is 2.17. The molecule has 0 saturated heterocycles. The highest BCUT2D eigenvalue weighted by Crippen LogP contribution is 2.36. The monoisotopic (exact) mass is 374 g/mol.